The van der Waals surface area contributed by atoms with Crippen molar-refractivity contribution in [3.63, 3.8) is 0 Å². The summed E-state index contributed by atoms with van der Waals surface area (Å²) >= 11 is 0. The molecule has 7 nitrogen and oxygen atoms in total. The third-order valence-electron chi connectivity index (χ3n) is 4.79. The fraction of sp³-hybridized carbons (Fsp3) is 0.368. The first kappa shape index (κ1) is 17.4. The van der Waals surface area contributed by atoms with Crippen molar-refractivity contribution in [1.82, 2.24) is 24.8 Å². The number of nitrogens with zero attached hydrogens (tertiary/aromatic N) is 5. The van der Waals surface area contributed by atoms with Crippen molar-refractivity contribution in [3.05, 3.63) is 41.3 Å². The Kier molecular flexibility index (Phi) is 4.25. The SMILES string of the molecule is CC(C)C(=O)N1CCc2c(c(-c3nc(-c4ccccc4F)no3)nn2C)C1. The molecule has 1 aromatic carbocycles. The lowest BCUT2D eigenvalue weighted by atomic mass is 10.0. The Hall–Kier alpha value is -3.03. The quantitative estimate of drug-likeness (QED) is 0.709. The number of aryl methyl sites for hydroxylation is 1. The molecule has 0 spiro atoms. The van der Waals surface area contributed by atoms with Crippen molar-refractivity contribution in [2.75, 3.05) is 6.54 Å². The first-order chi connectivity index (χ1) is 13.0. The van der Waals surface area contributed by atoms with Gasteiger partial charge in [-0.05, 0) is 12.1 Å². The predicted octanol–water partition coefficient (Wildman–Crippen LogP) is 2.82. The number of hydrogen-bond acceptors (Lipinski definition) is 5. The Balaban J connectivity index is 1.71. The number of carbonyl (C=O) groups excluding carboxylic acids is 1. The summed E-state index contributed by atoms with van der Waals surface area (Å²) in [5.41, 5.74) is 2.77. The molecule has 0 aliphatic carbocycles. The molecule has 8 heteroatoms. The molecule has 0 atom stereocenters. The molecular weight excluding hydrogens is 349 g/mol. The van der Waals surface area contributed by atoms with Crippen LogP contribution in [-0.2, 0) is 24.8 Å². The molecule has 1 amide bonds. The fourth-order valence-electron chi connectivity index (χ4n) is 3.39. The van der Waals surface area contributed by atoms with Gasteiger partial charge in [0.15, 0.2) is 5.69 Å². The number of carbonyl (C=O) groups is 1. The highest BCUT2D eigenvalue weighted by Gasteiger charge is 2.30. The van der Waals surface area contributed by atoms with Crippen molar-refractivity contribution in [3.8, 4) is 23.0 Å². The molecule has 2 aromatic heterocycles. The molecule has 0 saturated carbocycles. The molecule has 1 aliphatic heterocycles. The van der Waals surface area contributed by atoms with Crippen LogP contribution in [0.25, 0.3) is 23.0 Å². The van der Waals surface area contributed by atoms with E-state index in [2.05, 4.69) is 15.2 Å². The molecule has 0 radical (unpaired) electrons. The average Bonchev–Trinajstić information content (AvgIpc) is 3.26. The van der Waals surface area contributed by atoms with E-state index in [9.17, 15) is 9.18 Å². The maximum Gasteiger partial charge on any atom is 0.279 e. The largest absolute Gasteiger partial charge is 0.338 e. The minimum atomic E-state index is -0.415. The number of rotatable bonds is 3. The molecular formula is C19H20FN5O2. The van der Waals surface area contributed by atoms with Crippen LogP contribution in [0.2, 0.25) is 0 Å². The van der Waals surface area contributed by atoms with Gasteiger partial charge in [0.25, 0.3) is 5.89 Å². The summed E-state index contributed by atoms with van der Waals surface area (Å²) in [5.74, 6) is 0.0229. The molecule has 0 bridgehead atoms. The second-order valence-electron chi connectivity index (χ2n) is 6.96. The van der Waals surface area contributed by atoms with Gasteiger partial charge >= 0.3 is 0 Å². The minimum absolute atomic E-state index is 0.0669. The van der Waals surface area contributed by atoms with Crippen LogP contribution < -0.4 is 0 Å². The molecule has 140 valence electrons. The van der Waals surface area contributed by atoms with Gasteiger partial charge in [0.1, 0.15) is 5.82 Å². The summed E-state index contributed by atoms with van der Waals surface area (Å²) in [6, 6.07) is 6.27. The molecule has 0 unspecified atom stereocenters. The third-order valence-corrected chi connectivity index (χ3v) is 4.79. The average molecular weight is 369 g/mol. The highest BCUT2D eigenvalue weighted by Crippen LogP contribution is 2.31. The van der Waals surface area contributed by atoms with Crippen molar-refractivity contribution >= 4 is 5.91 Å². The zero-order chi connectivity index (χ0) is 19.1. The molecule has 0 fully saturated rings. The Morgan fingerprint density at radius 3 is 2.81 bits per heavy atom. The van der Waals surface area contributed by atoms with Gasteiger partial charge in [-0.2, -0.15) is 10.1 Å². The van der Waals surface area contributed by atoms with E-state index >= 15 is 0 Å². The van der Waals surface area contributed by atoms with Crippen molar-refractivity contribution in [2.24, 2.45) is 13.0 Å². The Morgan fingerprint density at radius 2 is 2.07 bits per heavy atom. The van der Waals surface area contributed by atoms with Gasteiger partial charge in [-0.3, -0.25) is 9.48 Å². The van der Waals surface area contributed by atoms with Crippen LogP contribution in [0.3, 0.4) is 0 Å². The van der Waals surface area contributed by atoms with Crippen LogP contribution >= 0.6 is 0 Å². The summed E-state index contributed by atoms with van der Waals surface area (Å²) in [6.45, 7) is 4.89. The van der Waals surface area contributed by atoms with Gasteiger partial charge in [-0.1, -0.05) is 31.1 Å². The lowest BCUT2D eigenvalue weighted by Crippen LogP contribution is -2.38. The summed E-state index contributed by atoms with van der Waals surface area (Å²) in [7, 11) is 1.86. The van der Waals surface area contributed by atoms with Crippen molar-refractivity contribution in [2.45, 2.75) is 26.8 Å². The second kappa shape index (κ2) is 6.61. The maximum absolute atomic E-state index is 14.0. The number of benzene rings is 1. The van der Waals surface area contributed by atoms with Gasteiger partial charge < -0.3 is 9.42 Å². The van der Waals surface area contributed by atoms with Gasteiger partial charge in [-0.25, -0.2) is 4.39 Å². The van der Waals surface area contributed by atoms with Crippen LogP contribution in [0, 0.1) is 11.7 Å². The van der Waals surface area contributed by atoms with Gasteiger partial charge in [-0.15, -0.1) is 0 Å². The summed E-state index contributed by atoms with van der Waals surface area (Å²) in [6.07, 6.45) is 0.714. The zero-order valence-corrected chi connectivity index (χ0v) is 15.4. The summed E-state index contributed by atoms with van der Waals surface area (Å²) < 4.78 is 21.2. The second-order valence-corrected chi connectivity index (χ2v) is 6.96. The standard InChI is InChI=1S/C19H20FN5O2/c1-11(2)19(26)25-9-8-15-13(10-25)16(22-24(15)3)18-21-17(23-27-18)12-6-4-5-7-14(12)20/h4-7,11H,8-10H2,1-3H3. The van der Waals surface area contributed by atoms with E-state index in [1.54, 1.807) is 22.9 Å². The van der Waals surface area contributed by atoms with E-state index in [4.69, 9.17) is 4.52 Å². The maximum atomic E-state index is 14.0. The monoisotopic (exact) mass is 369 g/mol. The number of halogens is 1. The number of aromatic nitrogens is 4. The molecule has 4 rings (SSSR count). The first-order valence-corrected chi connectivity index (χ1v) is 8.88. The first-order valence-electron chi connectivity index (χ1n) is 8.88. The van der Waals surface area contributed by atoms with Gasteiger partial charge in [0.05, 0.1) is 5.56 Å². The highest BCUT2D eigenvalue weighted by molar-refractivity contribution is 5.78. The summed E-state index contributed by atoms with van der Waals surface area (Å²) in [5, 5.41) is 8.43. The van der Waals surface area contributed by atoms with Crippen molar-refractivity contribution < 1.29 is 13.7 Å². The molecule has 3 heterocycles. The Morgan fingerprint density at radius 1 is 1.30 bits per heavy atom. The summed E-state index contributed by atoms with van der Waals surface area (Å²) in [4.78, 5) is 18.6. The van der Waals surface area contributed by atoms with Crippen LogP contribution in [0.15, 0.2) is 28.8 Å². The third kappa shape index (κ3) is 3.01. The van der Waals surface area contributed by atoms with E-state index in [1.165, 1.54) is 6.07 Å². The lowest BCUT2D eigenvalue weighted by Gasteiger charge is -2.28. The fourth-order valence-corrected chi connectivity index (χ4v) is 3.39. The Labute approximate surface area is 155 Å². The molecule has 0 N–H and O–H groups in total. The number of amides is 1. The lowest BCUT2D eigenvalue weighted by molar-refractivity contribution is -0.135. The van der Waals surface area contributed by atoms with E-state index in [0.29, 0.717) is 25.2 Å². The zero-order valence-electron chi connectivity index (χ0n) is 15.4. The number of hydrogen-bond donors (Lipinski definition) is 0. The smallest absolute Gasteiger partial charge is 0.279 e. The van der Waals surface area contributed by atoms with Crippen LogP contribution in [-0.4, -0.2) is 37.3 Å². The van der Waals surface area contributed by atoms with E-state index in [-0.39, 0.29) is 29.1 Å². The number of fused-ring (bicyclic) bond motifs is 1. The van der Waals surface area contributed by atoms with Gasteiger partial charge in [0.2, 0.25) is 11.7 Å². The van der Waals surface area contributed by atoms with E-state index < -0.39 is 5.82 Å². The van der Waals surface area contributed by atoms with E-state index in [1.807, 2.05) is 25.8 Å². The minimum Gasteiger partial charge on any atom is -0.338 e. The molecule has 3 aromatic rings. The molecule has 1 aliphatic rings. The predicted molar refractivity (Wildman–Crippen MR) is 95.9 cm³/mol. The van der Waals surface area contributed by atoms with Crippen LogP contribution in [0.1, 0.15) is 25.1 Å². The van der Waals surface area contributed by atoms with Gasteiger partial charge in [0, 0.05) is 43.7 Å². The van der Waals surface area contributed by atoms with E-state index in [0.717, 1.165) is 11.3 Å². The van der Waals surface area contributed by atoms with Crippen LogP contribution in [0.4, 0.5) is 4.39 Å². The molecule has 27 heavy (non-hydrogen) atoms. The Bertz CT molecular complexity index is 1010. The van der Waals surface area contributed by atoms with Crippen LogP contribution in [0.5, 0.6) is 0 Å². The van der Waals surface area contributed by atoms with Crippen molar-refractivity contribution in [1.29, 1.82) is 0 Å². The molecule has 0 saturated heterocycles. The topological polar surface area (TPSA) is 77.1 Å². The normalized spacial score (nSPS) is 13.9. The highest BCUT2D eigenvalue weighted by atomic mass is 19.1.